The molecule has 1 nitrogen and oxygen atoms in total. The number of hydrogen-bond acceptors (Lipinski definition) is 1. The van der Waals surface area contributed by atoms with Gasteiger partial charge in [-0.05, 0) is 37.1 Å². The van der Waals surface area contributed by atoms with Crippen molar-refractivity contribution in [2.45, 2.75) is 13.8 Å². The molecule has 0 saturated carbocycles. The Balaban J connectivity index is 3.32. The summed E-state index contributed by atoms with van der Waals surface area (Å²) in [5.74, 6) is -0.474. The van der Waals surface area contributed by atoms with E-state index in [9.17, 15) is 4.39 Å². The van der Waals surface area contributed by atoms with E-state index in [-0.39, 0.29) is 5.69 Å². The van der Waals surface area contributed by atoms with Crippen LogP contribution in [0.1, 0.15) is 19.4 Å². The van der Waals surface area contributed by atoms with E-state index in [0.717, 1.165) is 11.1 Å². The average molecular weight is 200 g/mol. The molecule has 0 aliphatic carbocycles. The molecule has 0 atom stereocenters. The van der Waals surface area contributed by atoms with Gasteiger partial charge in [0.05, 0.1) is 10.7 Å². The Morgan fingerprint density at radius 2 is 2.15 bits per heavy atom. The number of anilines is 1. The second-order valence-electron chi connectivity index (χ2n) is 2.83. The van der Waals surface area contributed by atoms with Crippen molar-refractivity contribution in [2.24, 2.45) is 0 Å². The minimum Gasteiger partial charge on any atom is -0.396 e. The van der Waals surface area contributed by atoms with Crippen molar-refractivity contribution in [2.75, 3.05) is 5.73 Å². The maximum Gasteiger partial charge on any atom is 0.147 e. The lowest BCUT2D eigenvalue weighted by Gasteiger charge is -2.06. The first kappa shape index (κ1) is 10.1. The Morgan fingerprint density at radius 1 is 1.54 bits per heavy atom. The molecule has 2 N–H and O–H groups in total. The summed E-state index contributed by atoms with van der Waals surface area (Å²) >= 11 is 5.84. The summed E-state index contributed by atoms with van der Waals surface area (Å²) < 4.78 is 12.9. The predicted octanol–water partition coefficient (Wildman–Crippen LogP) is 3.48. The lowest BCUT2D eigenvalue weighted by Crippen LogP contribution is -1.93. The van der Waals surface area contributed by atoms with E-state index in [1.165, 1.54) is 6.07 Å². The van der Waals surface area contributed by atoms with Gasteiger partial charge in [0.1, 0.15) is 5.82 Å². The highest BCUT2D eigenvalue weighted by Crippen LogP contribution is 2.27. The van der Waals surface area contributed by atoms with Crippen molar-refractivity contribution in [1.29, 1.82) is 0 Å². The summed E-state index contributed by atoms with van der Waals surface area (Å²) in [5.41, 5.74) is 7.31. The van der Waals surface area contributed by atoms with Crippen LogP contribution in [0.3, 0.4) is 0 Å². The van der Waals surface area contributed by atoms with Crippen LogP contribution in [0, 0.1) is 5.82 Å². The standard InChI is InChI=1S/C10H11ClFN/c1-3-6(2)7-4-10(13)9(12)5-8(7)11/h3-5H,13H2,1-2H3/b6-3+. The first-order valence-electron chi connectivity index (χ1n) is 3.94. The lowest BCUT2D eigenvalue weighted by molar-refractivity contribution is 0.632. The maximum absolute atomic E-state index is 12.9. The first-order valence-corrected chi connectivity index (χ1v) is 4.32. The molecule has 0 aromatic heterocycles. The molecule has 0 bridgehead atoms. The molecule has 13 heavy (non-hydrogen) atoms. The third kappa shape index (κ3) is 2.01. The van der Waals surface area contributed by atoms with Crippen molar-refractivity contribution >= 4 is 22.9 Å². The van der Waals surface area contributed by atoms with Gasteiger partial charge in [-0.2, -0.15) is 0 Å². The zero-order valence-electron chi connectivity index (χ0n) is 7.57. The molecular weight excluding hydrogens is 189 g/mol. The fourth-order valence-electron chi connectivity index (χ4n) is 1.02. The second-order valence-corrected chi connectivity index (χ2v) is 3.23. The molecule has 0 aliphatic rings. The molecule has 1 rings (SSSR count). The van der Waals surface area contributed by atoms with E-state index in [1.54, 1.807) is 6.07 Å². The fraction of sp³-hybridized carbons (Fsp3) is 0.200. The van der Waals surface area contributed by atoms with Gasteiger partial charge >= 0.3 is 0 Å². The highest BCUT2D eigenvalue weighted by molar-refractivity contribution is 6.32. The summed E-state index contributed by atoms with van der Waals surface area (Å²) in [6, 6.07) is 2.78. The van der Waals surface area contributed by atoms with Gasteiger partial charge in [-0.15, -0.1) is 0 Å². The monoisotopic (exact) mass is 199 g/mol. The van der Waals surface area contributed by atoms with Crippen LogP contribution in [0.5, 0.6) is 0 Å². The SMILES string of the molecule is C/C=C(\C)c1cc(N)c(F)cc1Cl. The Labute approximate surface area is 82.0 Å². The van der Waals surface area contributed by atoms with Crippen molar-refractivity contribution < 1.29 is 4.39 Å². The van der Waals surface area contributed by atoms with Crippen LogP contribution < -0.4 is 5.73 Å². The maximum atomic E-state index is 12.9. The summed E-state index contributed by atoms with van der Waals surface area (Å²) in [5, 5.41) is 0.391. The molecule has 0 fully saturated rings. The van der Waals surface area contributed by atoms with Gasteiger partial charge in [0.2, 0.25) is 0 Å². The van der Waals surface area contributed by atoms with Crippen molar-refractivity contribution in [3.05, 3.63) is 34.6 Å². The molecule has 0 aliphatic heterocycles. The summed E-state index contributed by atoms with van der Waals surface area (Å²) in [6.07, 6.45) is 1.90. The molecule has 0 heterocycles. The quantitative estimate of drug-likeness (QED) is 0.689. The van der Waals surface area contributed by atoms with E-state index < -0.39 is 5.82 Å². The van der Waals surface area contributed by atoms with Crippen LogP contribution in [0.4, 0.5) is 10.1 Å². The van der Waals surface area contributed by atoms with Crippen LogP contribution in [0.2, 0.25) is 5.02 Å². The van der Waals surface area contributed by atoms with Crippen LogP contribution in [0.15, 0.2) is 18.2 Å². The summed E-state index contributed by atoms with van der Waals surface area (Å²) in [6.45, 7) is 3.80. The largest absolute Gasteiger partial charge is 0.396 e. The minimum atomic E-state index is -0.474. The number of halogens is 2. The zero-order chi connectivity index (χ0) is 10.0. The predicted molar refractivity (Wildman–Crippen MR) is 55.1 cm³/mol. The van der Waals surface area contributed by atoms with Gasteiger partial charge < -0.3 is 5.73 Å². The van der Waals surface area contributed by atoms with E-state index in [2.05, 4.69) is 0 Å². The number of benzene rings is 1. The molecule has 70 valence electrons. The van der Waals surface area contributed by atoms with E-state index in [0.29, 0.717) is 5.02 Å². The van der Waals surface area contributed by atoms with Crippen molar-refractivity contribution in [3.63, 3.8) is 0 Å². The third-order valence-corrected chi connectivity index (χ3v) is 2.26. The molecule has 0 saturated heterocycles. The molecule has 3 heteroatoms. The van der Waals surface area contributed by atoms with E-state index in [4.69, 9.17) is 17.3 Å². The van der Waals surface area contributed by atoms with Gasteiger partial charge in [0.25, 0.3) is 0 Å². The van der Waals surface area contributed by atoms with E-state index in [1.807, 2.05) is 19.9 Å². The Hall–Kier alpha value is -1.02. The molecule has 0 spiro atoms. The Bertz CT molecular complexity index is 358. The number of nitrogens with two attached hydrogens (primary N) is 1. The Kier molecular flexibility index (Phi) is 2.94. The van der Waals surface area contributed by atoms with Crippen molar-refractivity contribution in [3.8, 4) is 0 Å². The molecule has 0 unspecified atom stereocenters. The number of hydrogen-bond donors (Lipinski definition) is 1. The molecule has 0 amide bonds. The minimum absolute atomic E-state index is 0.126. The highest BCUT2D eigenvalue weighted by Gasteiger charge is 2.06. The summed E-state index contributed by atoms with van der Waals surface area (Å²) in [4.78, 5) is 0. The van der Waals surface area contributed by atoms with Gasteiger partial charge in [-0.1, -0.05) is 17.7 Å². The van der Waals surface area contributed by atoms with Crippen molar-refractivity contribution in [1.82, 2.24) is 0 Å². The summed E-state index contributed by atoms with van der Waals surface area (Å²) in [7, 11) is 0. The van der Waals surface area contributed by atoms with Crippen LogP contribution >= 0.6 is 11.6 Å². The first-order chi connectivity index (χ1) is 6.06. The topological polar surface area (TPSA) is 26.0 Å². The lowest BCUT2D eigenvalue weighted by atomic mass is 10.1. The van der Waals surface area contributed by atoms with Gasteiger partial charge in [0.15, 0.2) is 0 Å². The molecule has 1 aromatic carbocycles. The molecular formula is C10H11ClFN. The normalized spacial score (nSPS) is 11.8. The third-order valence-electron chi connectivity index (χ3n) is 1.94. The van der Waals surface area contributed by atoms with Crippen LogP contribution in [-0.2, 0) is 0 Å². The van der Waals surface area contributed by atoms with Crippen LogP contribution in [-0.4, -0.2) is 0 Å². The second kappa shape index (κ2) is 3.79. The van der Waals surface area contributed by atoms with E-state index >= 15 is 0 Å². The van der Waals surface area contributed by atoms with Crippen LogP contribution in [0.25, 0.3) is 5.57 Å². The molecule has 0 radical (unpaired) electrons. The highest BCUT2D eigenvalue weighted by atomic mass is 35.5. The average Bonchev–Trinajstić information content (AvgIpc) is 2.10. The van der Waals surface area contributed by atoms with Gasteiger partial charge in [0, 0.05) is 0 Å². The fourth-order valence-corrected chi connectivity index (χ4v) is 1.32. The zero-order valence-corrected chi connectivity index (χ0v) is 8.32. The Morgan fingerprint density at radius 3 is 2.69 bits per heavy atom. The van der Waals surface area contributed by atoms with Gasteiger partial charge in [-0.3, -0.25) is 0 Å². The number of allylic oxidation sites excluding steroid dienone is 2. The number of nitrogen functional groups attached to an aromatic ring is 1. The molecule has 1 aromatic rings. The number of rotatable bonds is 1. The van der Waals surface area contributed by atoms with Gasteiger partial charge in [-0.25, -0.2) is 4.39 Å². The smallest absolute Gasteiger partial charge is 0.147 e.